The van der Waals surface area contributed by atoms with Crippen LogP contribution in [-0.2, 0) is 30.4 Å². The summed E-state index contributed by atoms with van der Waals surface area (Å²) in [5, 5.41) is 23.6. The van der Waals surface area contributed by atoms with Gasteiger partial charge in [0.2, 0.25) is 17.7 Å². The average molecular weight is 513 g/mol. The summed E-state index contributed by atoms with van der Waals surface area (Å²) in [6, 6.07) is -4.22. The summed E-state index contributed by atoms with van der Waals surface area (Å²) in [6.45, 7) is 0.215. The summed E-state index contributed by atoms with van der Waals surface area (Å²) in [5.41, 5.74) is 6.40. The second-order valence-electron chi connectivity index (χ2n) is 8.25. The normalized spacial score (nSPS) is 17.9. The molecule has 0 bridgehead atoms. The van der Waals surface area contributed by atoms with Crippen LogP contribution in [0.3, 0.4) is 0 Å². The zero-order valence-electron chi connectivity index (χ0n) is 19.4. The fourth-order valence-corrected chi connectivity index (χ4v) is 4.26. The maximum absolute atomic E-state index is 13.3. The minimum absolute atomic E-state index is 0.0209. The molecule has 1 aromatic heterocycles. The number of aromatic nitrogens is 2. The lowest BCUT2D eigenvalue weighted by atomic mass is 10.1. The first-order valence-corrected chi connectivity index (χ1v) is 12.6. The van der Waals surface area contributed by atoms with Crippen molar-refractivity contribution in [2.75, 3.05) is 18.6 Å². The molecule has 2 heterocycles. The third kappa shape index (κ3) is 8.55. The van der Waals surface area contributed by atoms with E-state index in [1.807, 2.05) is 6.26 Å². The number of nitrogens with zero attached hydrogens (tertiary/aromatic N) is 2. The molecule has 0 aliphatic carbocycles. The van der Waals surface area contributed by atoms with Crippen molar-refractivity contribution in [2.24, 2.45) is 5.73 Å². The fraction of sp³-hybridized carbons (Fsp3) is 0.619. The number of aliphatic carboxylic acids is 2. The lowest BCUT2D eigenvalue weighted by Gasteiger charge is -2.29. The van der Waals surface area contributed by atoms with Crippen LogP contribution in [0.25, 0.3) is 0 Å². The van der Waals surface area contributed by atoms with Crippen molar-refractivity contribution in [3.8, 4) is 0 Å². The molecule has 0 aromatic carbocycles. The molecule has 0 saturated carbocycles. The molecule has 14 heteroatoms. The summed E-state index contributed by atoms with van der Waals surface area (Å²) in [4.78, 5) is 69.4. The number of carbonyl (C=O) groups excluding carboxylic acids is 3. The second kappa shape index (κ2) is 13.7. The molecule has 3 amide bonds. The van der Waals surface area contributed by atoms with Gasteiger partial charge in [-0.05, 0) is 37.7 Å². The molecule has 4 atom stereocenters. The minimum Gasteiger partial charge on any atom is -0.481 e. The summed E-state index contributed by atoms with van der Waals surface area (Å²) < 4.78 is 0. The molecule has 194 valence electrons. The maximum Gasteiger partial charge on any atom is 0.326 e. The lowest BCUT2D eigenvalue weighted by Crippen LogP contribution is -2.57. The third-order valence-electron chi connectivity index (χ3n) is 5.66. The van der Waals surface area contributed by atoms with Crippen molar-refractivity contribution in [2.45, 2.75) is 62.7 Å². The number of likely N-dealkylation sites (tertiary alicyclic amines) is 1. The number of amides is 3. The van der Waals surface area contributed by atoms with E-state index in [1.54, 1.807) is 0 Å². The minimum atomic E-state index is -1.24. The maximum atomic E-state index is 13.3. The molecule has 0 radical (unpaired) electrons. The summed E-state index contributed by atoms with van der Waals surface area (Å²) in [7, 11) is 0. The molecule has 0 spiro atoms. The van der Waals surface area contributed by atoms with Gasteiger partial charge in [-0.1, -0.05) is 0 Å². The van der Waals surface area contributed by atoms with Gasteiger partial charge < -0.3 is 36.5 Å². The summed E-state index contributed by atoms with van der Waals surface area (Å²) in [6.07, 6.45) is 5.34. The molecule has 13 nitrogen and oxygen atoms in total. The number of imidazole rings is 1. The van der Waals surface area contributed by atoms with Crippen LogP contribution in [0.4, 0.5) is 0 Å². The van der Waals surface area contributed by atoms with Gasteiger partial charge in [0, 0.05) is 31.3 Å². The second-order valence-corrected chi connectivity index (χ2v) is 9.24. The van der Waals surface area contributed by atoms with E-state index in [0.717, 1.165) is 0 Å². The van der Waals surface area contributed by atoms with Crippen molar-refractivity contribution in [3.63, 3.8) is 0 Å². The average Bonchev–Trinajstić information content (AvgIpc) is 3.51. The predicted molar refractivity (Wildman–Crippen MR) is 126 cm³/mol. The Morgan fingerprint density at radius 3 is 2.57 bits per heavy atom. The van der Waals surface area contributed by atoms with Crippen molar-refractivity contribution in [1.29, 1.82) is 0 Å². The number of hydrogen-bond acceptors (Lipinski definition) is 8. The number of H-pyrrole nitrogens is 1. The Balaban J connectivity index is 2.10. The first kappa shape index (κ1) is 28.1. The highest BCUT2D eigenvalue weighted by Crippen LogP contribution is 2.20. The van der Waals surface area contributed by atoms with Crippen LogP contribution in [0.5, 0.6) is 0 Å². The number of hydrogen-bond donors (Lipinski definition) is 6. The van der Waals surface area contributed by atoms with E-state index >= 15 is 0 Å². The van der Waals surface area contributed by atoms with Crippen LogP contribution in [0.15, 0.2) is 12.5 Å². The number of nitrogens with two attached hydrogens (primary N) is 1. The van der Waals surface area contributed by atoms with Crippen molar-refractivity contribution >= 4 is 41.4 Å². The van der Waals surface area contributed by atoms with E-state index in [1.165, 1.54) is 29.2 Å². The molecular formula is C21H32N6O7S. The van der Waals surface area contributed by atoms with Gasteiger partial charge in [-0.3, -0.25) is 19.2 Å². The van der Waals surface area contributed by atoms with E-state index in [2.05, 4.69) is 20.6 Å². The Bertz CT molecular complexity index is 897. The van der Waals surface area contributed by atoms with Gasteiger partial charge in [-0.15, -0.1) is 0 Å². The van der Waals surface area contributed by atoms with Gasteiger partial charge in [-0.2, -0.15) is 11.8 Å². The van der Waals surface area contributed by atoms with E-state index < -0.39 is 53.8 Å². The number of rotatable bonds is 14. The van der Waals surface area contributed by atoms with Crippen molar-refractivity contribution in [1.82, 2.24) is 25.5 Å². The summed E-state index contributed by atoms with van der Waals surface area (Å²) in [5.74, 6) is -3.55. The number of carboxylic acid groups (broad SMARTS) is 2. The number of thioether (sulfide) groups is 1. The van der Waals surface area contributed by atoms with Crippen molar-refractivity contribution in [3.05, 3.63) is 18.2 Å². The third-order valence-corrected chi connectivity index (χ3v) is 6.31. The molecule has 2 rings (SSSR count). The zero-order valence-corrected chi connectivity index (χ0v) is 20.3. The van der Waals surface area contributed by atoms with Gasteiger partial charge in [0.25, 0.3) is 0 Å². The first-order valence-electron chi connectivity index (χ1n) is 11.2. The first-order chi connectivity index (χ1) is 16.6. The van der Waals surface area contributed by atoms with E-state index in [4.69, 9.17) is 10.8 Å². The predicted octanol–water partition coefficient (Wildman–Crippen LogP) is -1.06. The molecule has 1 aliphatic rings. The van der Waals surface area contributed by atoms with E-state index in [-0.39, 0.29) is 25.8 Å². The SMILES string of the molecule is CSCCC(N)C(=O)NC(CCC(=O)O)C(=O)N1CCCC1C(=O)NC(Cc1cnc[nH]1)C(=O)O. The van der Waals surface area contributed by atoms with E-state index in [9.17, 15) is 29.1 Å². The molecule has 4 unspecified atom stereocenters. The van der Waals surface area contributed by atoms with Gasteiger partial charge in [-0.25, -0.2) is 9.78 Å². The monoisotopic (exact) mass is 512 g/mol. The number of nitrogens with one attached hydrogen (secondary N) is 3. The van der Waals surface area contributed by atoms with Gasteiger partial charge >= 0.3 is 11.9 Å². The number of carbonyl (C=O) groups is 5. The fourth-order valence-electron chi connectivity index (χ4n) is 3.77. The highest BCUT2D eigenvalue weighted by molar-refractivity contribution is 7.98. The number of aromatic amines is 1. The molecule has 35 heavy (non-hydrogen) atoms. The zero-order chi connectivity index (χ0) is 26.0. The highest BCUT2D eigenvalue weighted by Gasteiger charge is 2.39. The molecule has 1 saturated heterocycles. The smallest absolute Gasteiger partial charge is 0.326 e. The van der Waals surface area contributed by atoms with E-state index in [0.29, 0.717) is 30.7 Å². The van der Waals surface area contributed by atoms with Crippen LogP contribution >= 0.6 is 11.8 Å². The summed E-state index contributed by atoms with van der Waals surface area (Å²) >= 11 is 1.51. The Labute approximate surface area is 206 Å². The van der Waals surface area contributed by atoms with Gasteiger partial charge in [0.15, 0.2) is 0 Å². The van der Waals surface area contributed by atoms with Crippen LogP contribution in [0.1, 0.15) is 37.8 Å². The Kier molecular flexibility index (Phi) is 11.0. The molecule has 1 aliphatic heterocycles. The van der Waals surface area contributed by atoms with Crippen LogP contribution in [0.2, 0.25) is 0 Å². The van der Waals surface area contributed by atoms with Gasteiger partial charge in [0.05, 0.1) is 12.4 Å². The Morgan fingerprint density at radius 2 is 1.97 bits per heavy atom. The molecule has 1 aromatic rings. The standard InChI is InChI=1S/C21H32N6O7S/c1-35-8-6-13(22)18(30)25-14(4-5-17(28)29)20(32)27-7-2-3-16(27)19(31)26-15(21(33)34)9-12-10-23-11-24-12/h10-11,13-16H,2-9,22H2,1H3,(H,23,24)(H,25,30)(H,26,31)(H,28,29)(H,33,34). The number of carboxylic acids is 2. The molecule has 1 fully saturated rings. The Hall–Kier alpha value is -3.13. The topological polar surface area (TPSA) is 208 Å². The molecular weight excluding hydrogens is 480 g/mol. The van der Waals surface area contributed by atoms with Crippen molar-refractivity contribution < 1.29 is 34.2 Å². The van der Waals surface area contributed by atoms with Crippen LogP contribution in [-0.4, -0.2) is 97.5 Å². The quantitative estimate of drug-likeness (QED) is 0.178. The van der Waals surface area contributed by atoms with Gasteiger partial charge in [0.1, 0.15) is 18.1 Å². The lowest BCUT2D eigenvalue weighted by molar-refractivity contribution is -0.145. The largest absolute Gasteiger partial charge is 0.481 e. The van der Waals surface area contributed by atoms with Crippen LogP contribution in [0, 0.1) is 0 Å². The Morgan fingerprint density at radius 1 is 1.23 bits per heavy atom. The highest BCUT2D eigenvalue weighted by atomic mass is 32.2. The van der Waals surface area contributed by atoms with Crippen LogP contribution < -0.4 is 16.4 Å². The molecule has 7 N–H and O–H groups in total.